The zero-order chi connectivity index (χ0) is 24.0. The number of benzene rings is 2. The second-order valence-electron chi connectivity index (χ2n) is 8.50. The first kappa shape index (κ1) is 22.4. The van der Waals surface area contributed by atoms with Crippen molar-refractivity contribution in [3.05, 3.63) is 64.1 Å². The fraction of sp³-hybridized carbons (Fsp3) is 0.292. The lowest BCUT2D eigenvalue weighted by Crippen LogP contribution is -2.26. The van der Waals surface area contributed by atoms with Crippen LogP contribution in [0.15, 0.2) is 36.5 Å². The van der Waals surface area contributed by atoms with Crippen molar-refractivity contribution >= 4 is 40.7 Å². The summed E-state index contributed by atoms with van der Waals surface area (Å²) in [4.78, 5) is 24.5. The molecule has 1 aromatic heterocycles. The Morgan fingerprint density at radius 1 is 1.29 bits per heavy atom. The van der Waals surface area contributed by atoms with Crippen LogP contribution in [0.25, 0.3) is 0 Å². The molecule has 0 spiro atoms. The average molecular weight is 484 g/mol. The van der Waals surface area contributed by atoms with Gasteiger partial charge in [0.25, 0.3) is 0 Å². The van der Waals surface area contributed by atoms with E-state index in [1.54, 1.807) is 12.0 Å². The van der Waals surface area contributed by atoms with Crippen LogP contribution in [0.3, 0.4) is 0 Å². The maximum atomic E-state index is 14.0. The van der Waals surface area contributed by atoms with Crippen molar-refractivity contribution in [3.63, 3.8) is 0 Å². The number of rotatable bonds is 5. The minimum absolute atomic E-state index is 0.0821. The number of aromatic nitrogens is 2. The van der Waals surface area contributed by atoms with Gasteiger partial charge in [-0.3, -0.25) is 4.79 Å². The minimum Gasteiger partial charge on any atom is -0.495 e. The van der Waals surface area contributed by atoms with Crippen LogP contribution < -0.4 is 15.0 Å². The molecule has 0 saturated heterocycles. The molecule has 1 atom stereocenters. The van der Waals surface area contributed by atoms with Gasteiger partial charge in [0.15, 0.2) is 5.82 Å². The Kier molecular flexibility index (Phi) is 5.75. The van der Waals surface area contributed by atoms with E-state index >= 15 is 0 Å². The fourth-order valence-corrected chi connectivity index (χ4v) is 4.75. The molecule has 3 heterocycles. The lowest BCUT2D eigenvalue weighted by atomic mass is 9.99. The third-order valence-corrected chi connectivity index (χ3v) is 6.54. The van der Waals surface area contributed by atoms with Crippen LogP contribution in [0.5, 0.6) is 5.75 Å². The van der Waals surface area contributed by atoms with Gasteiger partial charge in [0.2, 0.25) is 5.95 Å². The number of likely N-dealkylation sites (N-methyl/N-ethyl adjacent to an activating group) is 1. The highest BCUT2D eigenvalue weighted by Crippen LogP contribution is 2.43. The van der Waals surface area contributed by atoms with Gasteiger partial charge in [0.1, 0.15) is 22.5 Å². The number of halogens is 2. The van der Waals surface area contributed by atoms with E-state index < -0.39 is 17.7 Å². The van der Waals surface area contributed by atoms with Crippen molar-refractivity contribution in [2.75, 3.05) is 37.5 Å². The van der Waals surface area contributed by atoms with Gasteiger partial charge in [-0.2, -0.15) is 4.98 Å². The first-order valence-electron chi connectivity index (χ1n) is 10.8. The average Bonchev–Trinajstić information content (AvgIpc) is 3.18. The van der Waals surface area contributed by atoms with E-state index in [9.17, 15) is 14.3 Å². The summed E-state index contributed by atoms with van der Waals surface area (Å²) in [6, 6.07) is 8.10. The van der Waals surface area contributed by atoms with Crippen LogP contribution in [0, 0.1) is 5.82 Å². The summed E-state index contributed by atoms with van der Waals surface area (Å²) in [5.41, 5.74) is 4.08. The van der Waals surface area contributed by atoms with Crippen molar-refractivity contribution in [2.45, 2.75) is 18.9 Å². The molecule has 0 bridgehead atoms. The maximum absolute atomic E-state index is 14.0. The van der Waals surface area contributed by atoms with Gasteiger partial charge >= 0.3 is 5.97 Å². The normalized spacial score (nSPS) is 17.3. The molecule has 176 valence electrons. The SMILES string of the molecule is COc1cc2c(cc1Nc1ncc(Cl)c(N3CC(C(=O)O)c4ccc(F)cc43)n1)CN(C)CC2. The molecule has 2 aliphatic rings. The van der Waals surface area contributed by atoms with Gasteiger partial charge < -0.3 is 25.0 Å². The number of methoxy groups -OCH3 is 1. The molecule has 2 aliphatic heterocycles. The molecule has 10 heteroatoms. The van der Waals surface area contributed by atoms with E-state index in [4.69, 9.17) is 16.3 Å². The van der Waals surface area contributed by atoms with E-state index in [0.717, 1.165) is 19.5 Å². The monoisotopic (exact) mass is 483 g/mol. The first-order valence-corrected chi connectivity index (χ1v) is 11.2. The summed E-state index contributed by atoms with van der Waals surface area (Å²) in [5, 5.41) is 13.1. The van der Waals surface area contributed by atoms with Gasteiger partial charge in [-0.1, -0.05) is 17.7 Å². The predicted molar refractivity (Wildman–Crippen MR) is 127 cm³/mol. The van der Waals surface area contributed by atoms with E-state index in [1.807, 2.05) is 12.1 Å². The van der Waals surface area contributed by atoms with Gasteiger partial charge in [0, 0.05) is 25.3 Å². The largest absolute Gasteiger partial charge is 0.495 e. The highest BCUT2D eigenvalue weighted by atomic mass is 35.5. The van der Waals surface area contributed by atoms with Crippen LogP contribution in [-0.2, 0) is 17.8 Å². The van der Waals surface area contributed by atoms with Gasteiger partial charge in [-0.05, 0) is 54.4 Å². The highest BCUT2D eigenvalue weighted by molar-refractivity contribution is 6.33. The Bertz CT molecular complexity index is 1290. The van der Waals surface area contributed by atoms with E-state index in [1.165, 1.54) is 35.5 Å². The smallest absolute Gasteiger partial charge is 0.312 e. The molecule has 0 aliphatic carbocycles. The molecule has 0 amide bonds. The molecule has 34 heavy (non-hydrogen) atoms. The van der Waals surface area contributed by atoms with Crippen LogP contribution in [0.4, 0.5) is 27.5 Å². The Hall–Kier alpha value is -3.43. The number of hydrogen-bond acceptors (Lipinski definition) is 7. The zero-order valence-electron chi connectivity index (χ0n) is 18.7. The van der Waals surface area contributed by atoms with E-state index in [0.29, 0.717) is 28.5 Å². The molecule has 2 N–H and O–H groups in total. The van der Waals surface area contributed by atoms with E-state index in [2.05, 4.69) is 27.2 Å². The Balaban J connectivity index is 1.51. The summed E-state index contributed by atoms with van der Waals surface area (Å²) < 4.78 is 19.6. The van der Waals surface area contributed by atoms with Crippen LogP contribution in [-0.4, -0.2) is 53.2 Å². The summed E-state index contributed by atoms with van der Waals surface area (Å²) in [6.07, 6.45) is 2.39. The predicted octanol–water partition coefficient (Wildman–Crippen LogP) is 4.33. The molecular weight excluding hydrogens is 461 g/mol. The zero-order valence-corrected chi connectivity index (χ0v) is 19.4. The van der Waals surface area contributed by atoms with Gasteiger partial charge in [0.05, 0.1) is 19.0 Å². The van der Waals surface area contributed by atoms with Crippen molar-refractivity contribution in [1.82, 2.24) is 14.9 Å². The Labute approximate surface area is 201 Å². The second kappa shape index (κ2) is 8.73. The third kappa shape index (κ3) is 4.01. The van der Waals surface area contributed by atoms with Crippen LogP contribution in [0.1, 0.15) is 22.6 Å². The summed E-state index contributed by atoms with van der Waals surface area (Å²) in [7, 11) is 3.69. The minimum atomic E-state index is -0.998. The molecule has 5 rings (SSSR count). The van der Waals surface area contributed by atoms with Crippen molar-refractivity contribution in [1.29, 1.82) is 0 Å². The molecule has 2 aromatic carbocycles. The third-order valence-electron chi connectivity index (χ3n) is 6.27. The molecular formula is C24H23ClFN5O3. The number of carboxylic acid groups (broad SMARTS) is 1. The molecule has 0 fully saturated rings. The van der Waals surface area contributed by atoms with Crippen molar-refractivity contribution in [2.24, 2.45) is 0 Å². The molecule has 0 radical (unpaired) electrons. The topological polar surface area (TPSA) is 90.8 Å². The second-order valence-corrected chi connectivity index (χ2v) is 8.91. The maximum Gasteiger partial charge on any atom is 0.312 e. The highest BCUT2D eigenvalue weighted by Gasteiger charge is 2.36. The van der Waals surface area contributed by atoms with Crippen LogP contribution in [0.2, 0.25) is 5.02 Å². The number of ether oxygens (including phenoxy) is 1. The number of nitrogens with one attached hydrogen (secondary N) is 1. The van der Waals surface area contributed by atoms with Gasteiger partial charge in [-0.15, -0.1) is 0 Å². The summed E-state index contributed by atoms with van der Waals surface area (Å²) >= 11 is 6.42. The summed E-state index contributed by atoms with van der Waals surface area (Å²) in [5.74, 6) is -1.06. The Morgan fingerprint density at radius 3 is 2.88 bits per heavy atom. The lowest BCUT2D eigenvalue weighted by molar-refractivity contribution is -0.138. The Morgan fingerprint density at radius 2 is 2.12 bits per heavy atom. The number of carboxylic acids is 1. The summed E-state index contributed by atoms with van der Waals surface area (Å²) in [6.45, 7) is 1.90. The number of aliphatic carboxylic acids is 1. The molecule has 8 nitrogen and oxygen atoms in total. The van der Waals surface area contributed by atoms with Crippen molar-refractivity contribution < 1.29 is 19.0 Å². The number of hydrogen-bond donors (Lipinski definition) is 2. The van der Waals surface area contributed by atoms with Gasteiger partial charge in [-0.25, -0.2) is 9.37 Å². The lowest BCUT2D eigenvalue weighted by Gasteiger charge is -2.26. The number of anilines is 4. The van der Waals surface area contributed by atoms with Crippen LogP contribution >= 0.6 is 11.6 Å². The molecule has 1 unspecified atom stereocenters. The molecule has 0 saturated carbocycles. The number of nitrogens with zero attached hydrogens (tertiary/aromatic N) is 4. The van der Waals surface area contributed by atoms with E-state index in [-0.39, 0.29) is 17.5 Å². The number of fused-ring (bicyclic) bond motifs is 2. The fourth-order valence-electron chi connectivity index (χ4n) is 4.56. The van der Waals surface area contributed by atoms with Crippen molar-refractivity contribution in [3.8, 4) is 5.75 Å². The molecule has 3 aromatic rings. The standard InChI is InChI=1S/C24H23ClFN5O3/c1-30-6-5-13-8-21(34-2)19(7-14(13)11-30)28-24-27-10-18(25)22(29-24)31-12-17(23(32)33)16-4-3-15(26)9-20(16)31/h3-4,7-10,17H,5-6,11-12H2,1-2H3,(H,32,33)(H,27,28,29). The number of carbonyl (C=O) groups is 1. The first-order chi connectivity index (χ1) is 16.3. The quantitative estimate of drug-likeness (QED) is 0.554.